The van der Waals surface area contributed by atoms with Gasteiger partial charge in [-0.2, -0.15) is 0 Å². The van der Waals surface area contributed by atoms with Crippen LogP contribution in [0.15, 0.2) is 60.7 Å². The van der Waals surface area contributed by atoms with Crippen LogP contribution >= 0.6 is 0 Å². The van der Waals surface area contributed by atoms with Crippen LogP contribution in [0.2, 0.25) is 0 Å². The van der Waals surface area contributed by atoms with Gasteiger partial charge in [-0.1, -0.05) is 56.3 Å². The van der Waals surface area contributed by atoms with Crippen LogP contribution in [-0.4, -0.2) is 17.5 Å². The minimum Gasteiger partial charge on any atom is -0.495 e. The standard InChI is InChI=1S/C23H23NO2/c1-23(2)14-20-17(21(25)15-23)13-19(16-9-5-4-6-10-16)24(20)18-11-7-8-12-22(18)26-3/h4-13H,14-15H2,1-3H3. The summed E-state index contributed by atoms with van der Waals surface area (Å²) in [5.74, 6) is 1.03. The minimum absolute atomic E-state index is 0.0455. The molecule has 1 aliphatic rings. The average molecular weight is 345 g/mol. The van der Waals surface area contributed by atoms with Crippen LogP contribution in [0.3, 0.4) is 0 Å². The molecule has 0 amide bonds. The quantitative estimate of drug-likeness (QED) is 0.644. The van der Waals surface area contributed by atoms with E-state index in [4.69, 9.17) is 4.74 Å². The molecular weight excluding hydrogens is 322 g/mol. The number of ketones is 1. The molecule has 0 saturated heterocycles. The van der Waals surface area contributed by atoms with E-state index in [1.165, 1.54) is 0 Å². The summed E-state index contributed by atoms with van der Waals surface area (Å²) in [4.78, 5) is 12.8. The van der Waals surface area contributed by atoms with Crippen LogP contribution in [-0.2, 0) is 6.42 Å². The Morgan fingerprint density at radius 1 is 0.962 bits per heavy atom. The third kappa shape index (κ3) is 2.74. The van der Waals surface area contributed by atoms with E-state index in [0.717, 1.165) is 40.4 Å². The molecule has 1 aromatic heterocycles. The van der Waals surface area contributed by atoms with E-state index in [-0.39, 0.29) is 11.2 Å². The maximum Gasteiger partial charge on any atom is 0.165 e. The van der Waals surface area contributed by atoms with E-state index in [1.54, 1.807) is 7.11 Å². The van der Waals surface area contributed by atoms with Gasteiger partial charge in [0, 0.05) is 17.7 Å². The molecule has 26 heavy (non-hydrogen) atoms. The second-order valence-corrected chi connectivity index (χ2v) is 7.70. The molecule has 0 spiro atoms. The number of benzene rings is 2. The second-order valence-electron chi connectivity index (χ2n) is 7.70. The molecular formula is C23H23NO2. The van der Waals surface area contributed by atoms with Gasteiger partial charge in [0.15, 0.2) is 5.78 Å². The van der Waals surface area contributed by atoms with Crippen molar-refractivity contribution in [3.63, 3.8) is 0 Å². The van der Waals surface area contributed by atoms with E-state index >= 15 is 0 Å². The summed E-state index contributed by atoms with van der Waals surface area (Å²) in [6.45, 7) is 4.32. The van der Waals surface area contributed by atoms with Gasteiger partial charge in [-0.05, 0) is 35.6 Å². The summed E-state index contributed by atoms with van der Waals surface area (Å²) in [7, 11) is 1.69. The first kappa shape index (κ1) is 16.6. The first-order valence-corrected chi connectivity index (χ1v) is 8.97. The number of Topliss-reactive ketones (excluding diaryl/α,β-unsaturated/α-hetero) is 1. The fourth-order valence-electron chi connectivity index (χ4n) is 3.92. The molecule has 0 N–H and O–H groups in total. The Morgan fingerprint density at radius 3 is 2.38 bits per heavy atom. The van der Waals surface area contributed by atoms with Crippen LogP contribution in [0, 0.1) is 5.41 Å². The smallest absolute Gasteiger partial charge is 0.165 e. The number of nitrogens with zero attached hydrogens (tertiary/aromatic N) is 1. The van der Waals surface area contributed by atoms with Gasteiger partial charge in [0.25, 0.3) is 0 Å². The van der Waals surface area contributed by atoms with E-state index in [2.05, 4.69) is 42.7 Å². The highest BCUT2D eigenvalue weighted by Gasteiger charge is 2.35. The van der Waals surface area contributed by atoms with Crippen LogP contribution in [0.4, 0.5) is 0 Å². The highest BCUT2D eigenvalue weighted by Crippen LogP contribution is 2.41. The summed E-state index contributed by atoms with van der Waals surface area (Å²) in [6.07, 6.45) is 1.45. The Labute approximate surface area is 154 Å². The van der Waals surface area contributed by atoms with Gasteiger partial charge in [-0.3, -0.25) is 4.79 Å². The number of carbonyl (C=O) groups is 1. The Balaban J connectivity index is 2.04. The molecule has 0 saturated carbocycles. The minimum atomic E-state index is -0.0455. The first-order valence-electron chi connectivity index (χ1n) is 8.97. The van der Waals surface area contributed by atoms with Crippen LogP contribution in [0.5, 0.6) is 5.75 Å². The van der Waals surface area contributed by atoms with Crippen molar-refractivity contribution in [1.29, 1.82) is 0 Å². The van der Waals surface area contributed by atoms with Gasteiger partial charge in [0.05, 0.1) is 18.5 Å². The van der Waals surface area contributed by atoms with Crippen LogP contribution in [0.1, 0.15) is 36.3 Å². The summed E-state index contributed by atoms with van der Waals surface area (Å²) in [5.41, 5.74) is 4.98. The molecule has 4 rings (SSSR count). The highest BCUT2D eigenvalue weighted by atomic mass is 16.5. The van der Waals surface area contributed by atoms with Gasteiger partial charge in [-0.25, -0.2) is 0 Å². The number of carbonyl (C=O) groups excluding carboxylic acids is 1. The number of hydrogen-bond acceptors (Lipinski definition) is 2. The molecule has 0 unspecified atom stereocenters. The number of methoxy groups -OCH3 is 1. The van der Waals surface area contributed by atoms with E-state index in [9.17, 15) is 4.79 Å². The lowest BCUT2D eigenvalue weighted by atomic mass is 9.76. The predicted octanol–water partition coefficient (Wildman–Crippen LogP) is 5.31. The number of para-hydroxylation sites is 2. The number of aromatic nitrogens is 1. The van der Waals surface area contributed by atoms with Crippen molar-refractivity contribution in [2.75, 3.05) is 7.11 Å². The lowest BCUT2D eigenvalue weighted by Gasteiger charge is -2.30. The van der Waals surface area contributed by atoms with Gasteiger partial charge in [0.1, 0.15) is 5.75 Å². The molecule has 3 nitrogen and oxygen atoms in total. The van der Waals surface area contributed by atoms with Crippen molar-refractivity contribution < 1.29 is 9.53 Å². The largest absolute Gasteiger partial charge is 0.495 e. The molecule has 0 radical (unpaired) electrons. The van der Waals surface area contributed by atoms with Crippen LogP contribution in [0.25, 0.3) is 16.9 Å². The second kappa shape index (κ2) is 6.17. The molecule has 1 heterocycles. The van der Waals surface area contributed by atoms with Crippen molar-refractivity contribution in [3.05, 3.63) is 71.9 Å². The number of rotatable bonds is 3. The Hall–Kier alpha value is -2.81. The summed E-state index contributed by atoms with van der Waals surface area (Å²) < 4.78 is 7.83. The van der Waals surface area contributed by atoms with Crippen molar-refractivity contribution in [2.45, 2.75) is 26.7 Å². The number of fused-ring (bicyclic) bond motifs is 1. The van der Waals surface area contributed by atoms with Crippen molar-refractivity contribution >= 4 is 5.78 Å². The molecule has 0 atom stereocenters. The first-order chi connectivity index (χ1) is 12.5. The molecule has 132 valence electrons. The van der Waals surface area contributed by atoms with Crippen molar-refractivity contribution in [1.82, 2.24) is 4.57 Å². The van der Waals surface area contributed by atoms with E-state index in [1.807, 2.05) is 36.4 Å². The third-order valence-electron chi connectivity index (χ3n) is 5.08. The SMILES string of the molecule is COc1ccccc1-n1c(-c2ccccc2)cc2c1CC(C)(C)CC2=O. The zero-order chi connectivity index (χ0) is 18.3. The fraction of sp³-hybridized carbons (Fsp3) is 0.261. The van der Waals surface area contributed by atoms with Gasteiger partial charge >= 0.3 is 0 Å². The number of hydrogen-bond donors (Lipinski definition) is 0. The molecule has 0 fully saturated rings. The maximum absolute atomic E-state index is 12.8. The Morgan fingerprint density at radius 2 is 1.65 bits per heavy atom. The van der Waals surface area contributed by atoms with Gasteiger partial charge in [-0.15, -0.1) is 0 Å². The molecule has 3 heteroatoms. The fourth-order valence-corrected chi connectivity index (χ4v) is 3.92. The monoisotopic (exact) mass is 345 g/mol. The normalized spacial score (nSPS) is 15.6. The molecule has 2 aromatic carbocycles. The van der Waals surface area contributed by atoms with Crippen LogP contribution < -0.4 is 4.74 Å². The molecule has 0 bridgehead atoms. The summed E-state index contributed by atoms with van der Waals surface area (Å²) in [5, 5.41) is 0. The molecule has 1 aliphatic carbocycles. The highest BCUT2D eigenvalue weighted by molar-refractivity contribution is 6.00. The molecule has 3 aromatic rings. The maximum atomic E-state index is 12.8. The Kier molecular flexibility index (Phi) is 3.95. The number of ether oxygens (including phenoxy) is 1. The van der Waals surface area contributed by atoms with E-state index in [0.29, 0.717) is 6.42 Å². The Bertz CT molecular complexity index is 967. The predicted molar refractivity (Wildman–Crippen MR) is 104 cm³/mol. The molecule has 0 aliphatic heterocycles. The lowest BCUT2D eigenvalue weighted by Crippen LogP contribution is -2.27. The average Bonchev–Trinajstić information content (AvgIpc) is 3.00. The van der Waals surface area contributed by atoms with Crippen molar-refractivity contribution in [3.8, 4) is 22.7 Å². The summed E-state index contributed by atoms with van der Waals surface area (Å²) >= 11 is 0. The zero-order valence-corrected chi connectivity index (χ0v) is 15.5. The third-order valence-corrected chi connectivity index (χ3v) is 5.08. The topological polar surface area (TPSA) is 31.2 Å². The van der Waals surface area contributed by atoms with Gasteiger partial charge < -0.3 is 9.30 Å². The van der Waals surface area contributed by atoms with Gasteiger partial charge in [0.2, 0.25) is 0 Å². The zero-order valence-electron chi connectivity index (χ0n) is 15.5. The summed E-state index contributed by atoms with van der Waals surface area (Å²) in [6, 6.07) is 20.3. The van der Waals surface area contributed by atoms with E-state index < -0.39 is 0 Å². The lowest BCUT2D eigenvalue weighted by molar-refractivity contribution is 0.0911. The van der Waals surface area contributed by atoms with Crippen molar-refractivity contribution in [2.24, 2.45) is 5.41 Å².